The van der Waals surface area contributed by atoms with Crippen molar-refractivity contribution < 1.29 is 9.90 Å². The van der Waals surface area contributed by atoms with Crippen molar-refractivity contribution in [3.05, 3.63) is 36.0 Å². The van der Waals surface area contributed by atoms with Crippen molar-refractivity contribution in [2.24, 2.45) is 0 Å². The monoisotopic (exact) mass is 272 g/mol. The van der Waals surface area contributed by atoms with Crippen molar-refractivity contribution in [1.82, 2.24) is 9.47 Å². The van der Waals surface area contributed by atoms with E-state index in [2.05, 4.69) is 0 Å². The molecule has 0 unspecified atom stereocenters. The fraction of sp³-hybridized carbons (Fsp3) is 0.438. The average Bonchev–Trinajstić information content (AvgIpc) is 2.90. The second-order valence-electron chi connectivity index (χ2n) is 5.44. The highest BCUT2D eigenvalue weighted by Crippen LogP contribution is 2.18. The van der Waals surface area contributed by atoms with Crippen LogP contribution in [0, 0.1) is 0 Å². The van der Waals surface area contributed by atoms with E-state index in [1.807, 2.05) is 39.9 Å². The number of aliphatic hydroxyl groups excluding tert-OH is 1. The predicted octanol–water partition coefficient (Wildman–Crippen LogP) is 2.15. The molecule has 1 aromatic carbocycles. The van der Waals surface area contributed by atoms with Crippen LogP contribution in [0.2, 0.25) is 0 Å². The summed E-state index contributed by atoms with van der Waals surface area (Å²) in [6, 6.07) is 7.85. The molecule has 3 rings (SSSR count). The maximum Gasteiger partial charge on any atom is 0.242 e. The molecule has 0 radical (unpaired) electrons. The molecule has 0 spiro atoms. The van der Waals surface area contributed by atoms with Crippen molar-refractivity contribution in [3.8, 4) is 0 Å². The van der Waals surface area contributed by atoms with Gasteiger partial charge in [0.05, 0.1) is 6.61 Å². The van der Waals surface area contributed by atoms with Crippen molar-refractivity contribution in [1.29, 1.82) is 0 Å². The molecule has 1 N–H and O–H groups in total. The molecule has 1 aliphatic heterocycles. The number of benzene rings is 1. The zero-order valence-corrected chi connectivity index (χ0v) is 11.6. The lowest BCUT2D eigenvalue weighted by atomic mass is 10.1. The maximum atomic E-state index is 12.3. The largest absolute Gasteiger partial charge is 0.392 e. The SMILES string of the molecule is O=C(Cn1ccc2cc(CO)ccc21)N1CCCCC1. The predicted molar refractivity (Wildman–Crippen MR) is 78.3 cm³/mol. The minimum absolute atomic E-state index is 0.0494. The second-order valence-corrected chi connectivity index (χ2v) is 5.44. The summed E-state index contributed by atoms with van der Waals surface area (Å²) in [5.74, 6) is 0.202. The topological polar surface area (TPSA) is 45.5 Å². The van der Waals surface area contributed by atoms with Gasteiger partial charge in [0.1, 0.15) is 6.54 Å². The van der Waals surface area contributed by atoms with E-state index in [-0.39, 0.29) is 12.5 Å². The first-order valence-corrected chi connectivity index (χ1v) is 7.24. The Morgan fingerprint density at radius 1 is 1.15 bits per heavy atom. The van der Waals surface area contributed by atoms with Crippen LogP contribution < -0.4 is 0 Å². The van der Waals surface area contributed by atoms with Crippen LogP contribution in [0.5, 0.6) is 0 Å². The van der Waals surface area contributed by atoms with Gasteiger partial charge in [0.2, 0.25) is 5.91 Å². The van der Waals surface area contributed by atoms with E-state index in [4.69, 9.17) is 5.11 Å². The summed E-state index contributed by atoms with van der Waals surface area (Å²) in [5, 5.41) is 10.2. The van der Waals surface area contributed by atoms with Crippen LogP contribution in [-0.4, -0.2) is 33.6 Å². The van der Waals surface area contributed by atoms with Gasteiger partial charge in [0.25, 0.3) is 0 Å². The summed E-state index contributed by atoms with van der Waals surface area (Å²) < 4.78 is 1.99. The first-order valence-electron chi connectivity index (χ1n) is 7.24. The summed E-state index contributed by atoms with van der Waals surface area (Å²) in [5.41, 5.74) is 1.95. The molecule has 0 atom stereocenters. The highest BCUT2D eigenvalue weighted by atomic mass is 16.3. The summed E-state index contributed by atoms with van der Waals surface area (Å²) in [6.45, 7) is 2.25. The molecule has 0 aliphatic carbocycles. The summed E-state index contributed by atoms with van der Waals surface area (Å²) in [4.78, 5) is 14.3. The number of aromatic nitrogens is 1. The Kier molecular flexibility index (Phi) is 3.74. The van der Waals surface area contributed by atoms with Crippen molar-refractivity contribution in [2.75, 3.05) is 13.1 Å². The molecule has 1 aliphatic rings. The molecular weight excluding hydrogens is 252 g/mol. The smallest absolute Gasteiger partial charge is 0.242 e. The van der Waals surface area contributed by atoms with Crippen LogP contribution in [0.4, 0.5) is 0 Å². The van der Waals surface area contributed by atoms with Crippen LogP contribution >= 0.6 is 0 Å². The van der Waals surface area contributed by atoms with Gasteiger partial charge >= 0.3 is 0 Å². The number of hydrogen-bond acceptors (Lipinski definition) is 2. The number of hydrogen-bond donors (Lipinski definition) is 1. The zero-order valence-electron chi connectivity index (χ0n) is 11.6. The third kappa shape index (κ3) is 2.56. The molecule has 106 valence electrons. The van der Waals surface area contributed by atoms with Crippen LogP contribution in [-0.2, 0) is 17.9 Å². The summed E-state index contributed by atoms with van der Waals surface area (Å²) in [7, 11) is 0. The Hall–Kier alpha value is -1.81. The van der Waals surface area contributed by atoms with E-state index in [0.29, 0.717) is 6.54 Å². The van der Waals surface area contributed by atoms with Gasteiger partial charge in [-0.15, -0.1) is 0 Å². The quantitative estimate of drug-likeness (QED) is 0.930. The van der Waals surface area contributed by atoms with Crippen LogP contribution in [0.15, 0.2) is 30.5 Å². The van der Waals surface area contributed by atoms with E-state index in [9.17, 15) is 4.79 Å². The number of nitrogens with zero attached hydrogens (tertiary/aromatic N) is 2. The first kappa shape index (κ1) is 13.2. The van der Waals surface area contributed by atoms with E-state index < -0.39 is 0 Å². The lowest BCUT2D eigenvalue weighted by Crippen LogP contribution is -2.37. The lowest BCUT2D eigenvalue weighted by Gasteiger charge is -2.27. The molecule has 1 saturated heterocycles. The van der Waals surface area contributed by atoms with Crippen LogP contribution in [0.1, 0.15) is 24.8 Å². The fourth-order valence-corrected chi connectivity index (χ4v) is 2.87. The van der Waals surface area contributed by atoms with Gasteiger partial charge < -0.3 is 14.6 Å². The average molecular weight is 272 g/mol. The van der Waals surface area contributed by atoms with E-state index in [1.165, 1.54) is 6.42 Å². The molecule has 0 bridgehead atoms. The number of piperidine rings is 1. The minimum atomic E-state index is 0.0494. The Morgan fingerprint density at radius 2 is 1.95 bits per heavy atom. The lowest BCUT2D eigenvalue weighted by molar-refractivity contribution is -0.132. The van der Waals surface area contributed by atoms with Gasteiger partial charge in [-0.1, -0.05) is 6.07 Å². The third-order valence-corrected chi connectivity index (χ3v) is 4.03. The molecule has 2 aromatic rings. The number of fused-ring (bicyclic) bond motifs is 1. The normalized spacial score (nSPS) is 15.8. The highest BCUT2D eigenvalue weighted by Gasteiger charge is 2.17. The van der Waals surface area contributed by atoms with Gasteiger partial charge in [-0.25, -0.2) is 0 Å². The summed E-state index contributed by atoms with van der Waals surface area (Å²) in [6.07, 6.45) is 5.43. The molecule has 1 aromatic heterocycles. The molecule has 2 heterocycles. The maximum absolute atomic E-state index is 12.3. The molecule has 4 heteroatoms. The Labute approximate surface area is 118 Å². The number of amides is 1. The Balaban J connectivity index is 1.78. The Morgan fingerprint density at radius 3 is 2.70 bits per heavy atom. The van der Waals surface area contributed by atoms with Gasteiger partial charge in [0, 0.05) is 24.8 Å². The van der Waals surface area contributed by atoms with Crippen LogP contribution in [0.3, 0.4) is 0 Å². The van der Waals surface area contributed by atoms with Gasteiger partial charge in [-0.05, 0) is 48.4 Å². The van der Waals surface area contributed by atoms with Gasteiger partial charge in [-0.3, -0.25) is 4.79 Å². The van der Waals surface area contributed by atoms with Crippen molar-refractivity contribution in [3.63, 3.8) is 0 Å². The highest BCUT2D eigenvalue weighted by molar-refractivity contribution is 5.84. The second kappa shape index (κ2) is 5.67. The molecule has 1 fully saturated rings. The molecule has 0 saturated carbocycles. The number of carbonyl (C=O) groups excluding carboxylic acids is 1. The van der Waals surface area contributed by atoms with Gasteiger partial charge in [-0.2, -0.15) is 0 Å². The summed E-state index contributed by atoms with van der Waals surface area (Å²) >= 11 is 0. The van der Waals surface area contributed by atoms with Crippen LogP contribution in [0.25, 0.3) is 10.9 Å². The van der Waals surface area contributed by atoms with E-state index >= 15 is 0 Å². The zero-order chi connectivity index (χ0) is 13.9. The Bertz CT molecular complexity index is 612. The minimum Gasteiger partial charge on any atom is -0.392 e. The first-order chi connectivity index (χ1) is 9.78. The number of aliphatic hydroxyl groups is 1. The number of rotatable bonds is 3. The third-order valence-electron chi connectivity index (χ3n) is 4.03. The van der Waals surface area contributed by atoms with Gasteiger partial charge in [0.15, 0.2) is 0 Å². The number of likely N-dealkylation sites (tertiary alicyclic amines) is 1. The molecular formula is C16H20N2O2. The molecule has 4 nitrogen and oxygen atoms in total. The molecule has 1 amide bonds. The fourth-order valence-electron chi connectivity index (χ4n) is 2.87. The van der Waals surface area contributed by atoms with Crippen molar-refractivity contribution in [2.45, 2.75) is 32.4 Å². The number of carbonyl (C=O) groups is 1. The van der Waals surface area contributed by atoms with E-state index in [1.54, 1.807) is 0 Å². The standard InChI is InChI=1S/C16H20N2O2/c19-12-13-4-5-15-14(10-13)6-9-18(15)11-16(20)17-7-2-1-3-8-17/h4-6,9-10,19H,1-3,7-8,11-12H2. The molecule has 20 heavy (non-hydrogen) atoms. The van der Waals surface area contributed by atoms with E-state index in [0.717, 1.165) is 42.4 Å². The van der Waals surface area contributed by atoms with Crippen molar-refractivity contribution >= 4 is 16.8 Å².